The van der Waals surface area contributed by atoms with Crippen LogP contribution in [0.4, 0.5) is 0 Å². The second kappa shape index (κ2) is 5.44. The molecule has 0 bridgehead atoms. The van der Waals surface area contributed by atoms with Crippen LogP contribution in [0, 0.1) is 12.8 Å². The quantitative estimate of drug-likeness (QED) is 0.844. The highest BCUT2D eigenvalue weighted by Gasteiger charge is 2.41. The molecule has 0 spiro atoms. The molecule has 1 saturated carbocycles. The van der Waals surface area contributed by atoms with Crippen molar-refractivity contribution in [3.05, 3.63) is 35.4 Å². The molecular formula is C17H27N. The van der Waals surface area contributed by atoms with Gasteiger partial charge in [0, 0.05) is 18.0 Å². The Morgan fingerprint density at radius 1 is 1.39 bits per heavy atom. The first-order valence-corrected chi connectivity index (χ1v) is 7.35. The summed E-state index contributed by atoms with van der Waals surface area (Å²) in [5, 5.41) is 3.68. The highest BCUT2D eigenvalue weighted by Crippen LogP contribution is 2.45. The van der Waals surface area contributed by atoms with E-state index in [-0.39, 0.29) is 0 Å². The van der Waals surface area contributed by atoms with Gasteiger partial charge in [0.05, 0.1) is 0 Å². The highest BCUT2D eigenvalue weighted by molar-refractivity contribution is 5.32. The Labute approximate surface area is 112 Å². The average Bonchev–Trinajstić information content (AvgIpc) is 2.69. The Morgan fingerprint density at radius 3 is 2.72 bits per heavy atom. The largest absolute Gasteiger partial charge is 0.314 e. The van der Waals surface area contributed by atoms with Gasteiger partial charge in [-0.05, 0) is 31.2 Å². The van der Waals surface area contributed by atoms with Crippen molar-refractivity contribution >= 4 is 0 Å². The summed E-state index contributed by atoms with van der Waals surface area (Å²) in [5.74, 6) is 0.783. The van der Waals surface area contributed by atoms with Crippen molar-refractivity contribution in [1.82, 2.24) is 5.32 Å². The van der Waals surface area contributed by atoms with E-state index in [1.807, 2.05) is 0 Å². The molecule has 0 aromatic heterocycles. The van der Waals surface area contributed by atoms with E-state index in [0.29, 0.717) is 11.5 Å². The predicted octanol–water partition coefficient (Wildman–Crippen LogP) is 4.05. The SMILES string of the molecule is Cc1cccc(C2(CNC(C)C)CCCC2C)c1. The minimum atomic E-state index is 0.357. The second-order valence-corrected chi connectivity index (χ2v) is 6.35. The van der Waals surface area contributed by atoms with Gasteiger partial charge in [-0.15, -0.1) is 0 Å². The molecule has 1 aromatic rings. The number of benzene rings is 1. The van der Waals surface area contributed by atoms with Crippen LogP contribution in [0.1, 0.15) is 51.2 Å². The maximum absolute atomic E-state index is 3.68. The predicted molar refractivity (Wildman–Crippen MR) is 79.0 cm³/mol. The van der Waals surface area contributed by atoms with Gasteiger partial charge in [0.1, 0.15) is 0 Å². The molecule has 0 aliphatic heterocycles. The Morgan fingerprint density at radius 2 is 2.17 bits per heavy atom. The van der Waals surface area contributed by atoms with Gasteiger partial charge in [-0.1, -0.05) is 57.0 Å². The number of hydrogen-bond acceptors (Lipinski definition) is 1. The van der Waals surface area contributed by atoms with Crippen molar-refractivity contribution in [2.45, 2.75) is 58.4 Å². The Bertz CT molecular complexity index is 396. The van der Waals surface area contributed by atoms with E-state index < -0.39 is 0 Å². The smallest absolute Gasteiger partial charge is 0.0103 e. The van der Waals surface area contributed by atoms with Crippen LogP contribution >= 0.6 is 0 Å². The third-order valence-corrected chi connectivity index (χ3v) is 4.62. The first-order chi connectivity index (χ1) is 8.54. The third kappa shape index (κ3) is 2.61. The lowest BCUT2D eigenvalue weighted by Gasteiger charge is -2.36. The zero-order chi connectivity index (χ0) is 13.2. The van der Waals surface area contributed by atoms with E-state index in [0.717, 1.165) is 12.5 Å². The lowest BCUT2D eigenvalue weighted by atomic mass is 9.72. The Balaban J connectivity index is 2.30. The maximum Gasteiger partial charge on any atom is 0.0103 e. The molecule has 1 aliphatic carbocycles. The van der Waals surface area contributed by atoms with Gasteiger partial charge in [-0.3, -0.25) is 0 Å². The Hall–Kier alpha value is -0.820. The summed E-state index contributed by atoms with van der Waals surface area (Å²) < 4.78 is 0. The number of rotatable bonds is 4. The van der Waals surface area contributed by atoms with Gasteiger partial charge >= 0.3 is 0 Å². The van der Waals surface area contributed by atoms with Crippen LogP contribution in [0.15, 0.2) is 24.3 Å². The summed E-state index contributed by atoms with van der Waals surface area (Å²) >= 11 is 0. The molecule has 0 saturated heterocycles. The molecule has 1 aliphatic rings. The van der Waals surface area contributed by atoms with E-state index in [1.54, 1.807) is 5.56 Å². The molecule has 0 amide bonds. The number of aryl methyl sites for hydroxylation is 1. The van der Waals surface area contributed by atoms with Crippen LogP contribution in [0.3, 0.4) is 0 Å². The normalized spacial score (nSPS) is 27.9. The fraction of sp³-hybridized carbons (Fsp3) is 0.647. The topological polar surface area (TPSA) is 12.0 Å². The van der Waals surface area contributed by atoms with Gasteiger partial charge in [0.2, 0.25) is 0 Å². The van der Waals surface area contributed by atoms with Crippen LogP contribution in [-0.4, -0.2) is 12.6 Å². The number of nitrogens with one attached hydrogen (secondary N) is 1. The summed E-state index contributed by atoms with van der Waals surface area (Å²) in [6.07, 6.45) is 4.07. The van der Waals surface area contributed by atoms with Crippen molar-refractivity contribution in [3.8, 4) is 0 Å². The molecule has 0 radical (unpaired) electrons. The second-order valence-electron chi connectivity index (χ2n) is 6.35. The highest BCUT2D eigenvalue weighted by atomic mass is 14.9. The maximum atomic E-state index is 3.68. The summed E-state index contributed by atoms with van der Waals surface area (Å²) in [5.41, 5.74) is 3.28. The third-order valence-electron chi connectivity index (χ3n) is 4.62. The molecule has 1 N–H and O–H groups in total. The fourth-order valence-electron chi connectivity index (χ4n) is 3.38. The molecule has 2 atom stereocenters. The summed E-state index contributed by atoms with van der Waals surface area (Å²) in [4.78, 5) is 0. The van der Waals surface area contributed by atoms with Crippen LogP contribution in [0.5, 0.6) is 0 Å². The zero-order valence-electron chi connectivity index (χ0n) is 12.3. The molecule has 100 valence electrons. The molecule has 18 heavy (non-hydrogen) atoms. The van der Waals surface area contributed by atoms with Crippen molar-refractivity contribution < 1.29 is 0 Å². The van der Waals surface area contributed by atoms with Crippen molar-refractivity contribution in [2.75, 3.05) is 6.54 Å². The first kappa shape index (κ1) is 13.6. The molecule has 2 unspecified atom stereocenters. The Kier molecular flexibility index (Phi) is 4.11. The van der Waals surface area contributed by atoms with Gasteiger partial charge < -0.3 is 5.32 Å². The van der Waals surface area contributed by atoms with Crippen LogP contribution in [0.2, 0.25) is 0 Å². The fourth-order valence-corrected chi connectivity index (χ4v) is 3.38. The molecule has 0 heterocycles. The minimum absolute atomic E-state index is 0.357. The van der Waals surface area contributed by atoms with Gasteiger partial charge in [0.25, 0.3) is 0 Å². The first-order valence-electron chi connectivity index (χ1n) is 7.35. The molecule has 1 aromatic carbocycles. The van der Waals surface area contributed by atoms with Crippen molar-refractivity contribution in [1.29, 1.82) is 0 Å². The van der Waals surface area contributed by atoms with Crippen molar-refractivity contribution in [3.63, 3.8) is 0 Å². The van der Waals surface area contributed by atoms with Crippen molar-refractivity contribution in [2.24, 2.45) is 5.92 Å². The average molecular weight is 245 g/mol. The van der Waals surface area contributed by atoms with Gasteiger partial charge in [-0.2, -0.15) is 0 Å². The molecule has 1 heteroatoms. The molecule has 1 nitrogen and oxygen atoms in total. The summed E-state index contributed by atoms with van der Waals surface area (Å²) in [7, 11) is 0. The molecular weight excluding hydrogens is 218 g/mol. The molecule has 2 rings (SSSR count). The van der Waals surface area contributed by atoms with Crippen LogP contribution < -0.4 is 5.32 Å². The van der Waals surface area contributed by atoms with Gasteiger partial charge in [0.15, 0.2) is 0 Å². The summed E-state index contributed by atoms with van der Waals surface area (Å²) in [6, 6.07) is 9.71. The van der Waals surface area contributed by atoms with E-state index in [4.69, 9.17) is 0 Å². The zero-order valence-corrected chi connectivity index (χ0v) is 12.3. The van der Waals surface area contributed by atoms with Crippen LogP contribution in [-0.2, 0) is 5.41 Å². The summed E-state index contributed by atoms with van der Waals surface area (Å²) in [6.45, 7) is 10.2. The lowest BCUT2D eigenvalue weighted by molar-refractivity contribution is 0.308. The number of hydrogen-bond donors (Lipinski definition) is 1. The monoisotopic (exact) mass is 245 g/mol. The molecule has 1 fully saturated rings. The van der Waals surface area contributed by atoms with E-state index in [9.17, 15) is 0 Å². The van der Waals surface area contributed by atoms with Gasteiger partial charge in [-0.25, -0.2) is 0 Å². The van der Waals surface area contributed by atoms with E-state index >= 15 is 0 Å². The minimum Gasteiger partial charge on any atom is -0.314 e. The van der Waals surface area contributed by atoms with E-state index in [1.165, 1.54) is 24.8 Å². The van der Waals surface area contributed by atoms with E-state index in [2.05, 4.69) is 57.3 Å². The standard InChI is InChI=1S/C17H27N/c1-13(2)18-12-17(10-6-8-15(17)4)16-9-5-7-14(3)11-16/h5,7,9,11,13,15,18H,6,8,10,12H2,1-4H3. The van der Waals surface area contributed by atoms with Crippen LogP contribution in [0.25, 0.3) is 0 Å². The lowest BCUT2D eigenvalue weighted by Crippen LogP contribution is -2.42.